The van der Waals surface area contributed by atoms with Crippen LogP contribution in [0, 0.1) is 0 Å². The van der Waals surface area contributed by atoms with Crippen LogP contribution in [0.2, 0.25) is 0 Å². The summed E-state index contributed by atoms with van der Waals surface area (Å²) >= 11 is 0. The van der Waals surface area contributed by atoms with E-state index in [1.807, 2.05) is 0 Å². The van der Waals surface area contributed by atoms with Crippen LogP contribution in [0.25, 0.3) is 10.9 Å². The minimum atomic E-state index is -0.641. The molecule has 1 fully saturated rings. The molecule has 0 atom stereocenters. The van der Waals surface area contributed by atoms with Gasteiger partial charge in [-0.2, -0.15) is 0 Å². The summed E-state index contributed by atoms with van der Waals surface area (Å²) in [5.74, 6) is 1.04. The summed E-state index contributed by atoms with van der Waals surface area (Å²) in [6.45, 7) is 9.03. The largest absolute Gasteiger partial charge is 0.526 e. The maximum Gasteiger partial charge on any atom is 0.505 e. The van der Waals surface area contributed by atoms with E-state index in [9.17, 15) is 9.82 Å². The Morgan fingerprint density at radius 1 is 1.27 bits per heavy atom. The van der Waals surface area contributed by atoms with E-state index >= 15 is 0 Å². The fourth-order valence-electron chi connectivity index (χ4n) is 3.03. The van der Waals surface area contributed by atoms with E-state index in [1.165, 1.54) is 4.57 Å². The molecule has 1 saturated heterocycles. The molecule has 2 aromatic heterocycles. The van der Waals surface area contributed by atoms with E-state index in [1.54, 1.807) is 39.1 Å². The number of hydrogen-bond donors (Lipinski definition) is 1. The van der Waals surface area contributed by atoms with Crippen molar-refractivity contribution in [3.8, 4) is 5.88 Å². The molecule has 3 heterocycles. The van der Waals surface area contributed by atoms with Crippen LogP contribution >= 0.6 is 0 Å². The van der Waals surface area contributed by atoms with Crippen molar-refractivity contribution in [2.75, 3.05) is 38.1 Å². The number of ether oxygens (including phenoxy) is 1. The number of nitrogens with zero attached hydrogens (tertiary/aromatic N) is 4. The summed E-state index contributed by atoms with van der Waals surface area (Å²) in [6.07, 6.45) is 1.13. The molecule has 0 unspecified atom stereocenters. The lowest BCUT2D eigenvalue weighted by atomic mass is 10.2. The van der Waals surface area contributed by atoms with Crippen molar-refractivity contribution < 1.29 is 19.2 Å². The second kappa shape index (κ2) is 7.16. The minimum Gasteiger partial charge on any atom is -0.526 e. The minimum absolute atomic E-state index is 0.236. The standard InChI is InChI=1S/C17H25BN4O4/c1-17(2,3)25-16(23)22-13-5-6-19-15(12(13)11-14(22)26-18-24)21-9-7-20(4)8-10-21/h5-6,11,18,24H,7-10H2,1-4H3. The first-order chi connectivity index (χ1) is 12.3. The molecule has 1 aliphatic rings. The number of anilines is 1. The molecular weight excluding hydrogens is 335 g/mol. The molecule has 8 nitrogen and oxygen atoms in total. The summed E-state index contributed by atoms with van der Waals surface area (Å²) in [5, 5.41) is 10.0. The molecule has 0 aromatic carbocycles. The van der Waals surface area contributed by atoms with Crippen LogP contribution in [0.15, 0.2) is 18.3 Å². The van der Waals surface area contributed by atoms with Gasteiger partial charge >= 0.3 is 13.8 Å². The highest BCUT2D eigenvalue weighted by molar-refractivity contribution is 6.17. The maximum absolute atomic E-state index is 12.7. The summed E-state index contributed by atoms with van der Waals surface area (Å²) in [5.41, 5.74) is 0.00363. The van der Waals surface area contributed by atoms with Crippen LogP contribution in [-0.4, -0.2) is 72.1 Å². The Morgan fingerprint density at radius 3 is 2.58 bits per heavy atom. The van der Waals surface area contributed by atoms with Gasteiger partial charge in [-0.15, -0.1) is 0 Å². The van der Waals surface area contributed by atoms with Crippen molar-refractivity contribution in [2.45, 2.75) is 26.4 Å². The van der Waals surface area contributed by atoms with Crippen molar-refractivity contribution in [1.29, 1.82) is 0 Å². The Morgan fingerprint density at radius 2 is 1.96 bits per heavy atom. The second-order valence-electron chi connectivity index (χ2n) is 7.43. The van der Waals surface area contributed by atoms with Crippen LogP contribution in [0.3, 0.4) is 0 Å². The third-order valence-corrected chi connectivity index (χ3v) is 4.27. The molecule has 2 aromatic rings. The molecule has 0 aliphatic carbocycles. The van der Waals surface area contributed by atoms with Crippen LogP contribution < -0.4 is 9.55 Å². The number of carbonyl (C=O) groups excluding carboxylic acids is 1. The highest BCUT2D eigenvalue weighted by Gasteiger charge is 2.26. The van der Waals surface area contributed by atoms with Crippen LogP contribution in [-0.2, 0) is 4.74 Å². The number of piperazine rings is 1. The Labute approximate surface area is 153 Å². The Kier molecular flexibility index (Phi) is 5.11. The first-order valence-corrected chi connectivity index (χ1v) is 8.71. The zero-order valence-corrected chi connectivity index (χ0v) is 15.7. The molecule has 3 rings (SSSR count). The third kappa shape index (κ3) is 3.78. The summed E-state index contributed by atoms with van der Waals surface area (Å²) < 4.78 is 12.1. The molecule has 0 radical (unpaired) electrons. The monoisotopic (exact) mass is 360 g/mol. The van der Waals surface area contributed by atoms with Gasteiger partial charge in [0.2, 0.25) is 0 Å². The molecule has 1 N–H and O–H groups in total. The van der Waals surface area contributed by atoms with Gasteiger partial charge in [-0.1, -0.05) is 0 Å². The number of likely N-dealkylation sites (N-methyl/N-ethyl adjacent to an activating group) is 1. The lowest BCUT2D eigenvalue weighted by molar-refractivity contribution is 0.0537. The average Bonchev–Trinajstić information content (AvgIpc) is 2.92. The van der Waals surface area contributed by atoms with Crippen molar-refractivity contribution in [2.24, 2.45) is 0 Å². The van der Waals surface area contributed by atoms with Crippen LogP contribution in [0.5, 0.6) is 5.88 Å². The Hall–Kier alpha value is -2.26. The fourth-order valence-corrected chi connectivity index (χ4v) is 3.03. The van der Waals surface area contributed by atoms with Gasteiger partial charge in [-0.25, -0.2) is 14.3 Å². The molecule has 0 bridgehead atoms. The summed E-state index contributed by atoms with van der Waals surface area (Å²) in [6, 6.07) is 3.49. The normalized spacial score (nSPS) is 16.0. The van der Waals surface area contributed by atoms with E-state index < -0.39 is 19.4 Å². The van der Waals surface area contributed by atoms with Crippen LogP contribution in [0.1, 0.15) is 20.8 Å². The molecule has 26 heavy (non-hydrogen) atoms. The molecule has 140 valence electrons. The summed E-state index contributed by atoms with van der Waals surface area (Å²) in [4.78, 5) is 21.7. The van der Waals surface area contributed by atoms with Crippen molar-refractivity contribution >= 4 is 30.5 Å². The number of fused-ring (bicyclic) bond motifs is 1. The lowest BCUT2D eigenvalue weighted by Gasteiger charge is -2.33. The quantitative estimate of drug-likeness (QED) is 0.824. The molecule has 1 aliphatic heterocycles. The van der Waals surface area contributed by atoms with Crippen LogP contribution in [0.4, 0.5) is 10.6 Å². The summed E-state index contributed by atoms with van der Waals surface area (Å²) in [7, 11) is 1.56. The molecule has 0 spiro atoms. The van der Waals surface area contributed by atoms with Gasteiger partial charge in [0.15, 0.2) is 5.88 Å². The fraction of sp³-hybridized carbons (Fsp3) is 0.529. The lowest BCUT2D eigenvalue weighted by Crippen LogP contribution is -2.44. The molecule has 9 heteroatoms. The average molecular weight is 360 g/mol. The van der Waals surface area contributed by atoms with Crippen molar-refractivity contribution in [3.05, 3.63) is 18.3 Å². The predicted molar refractivity (Wildman–Crippen MR) is 101 cm³/mol. The van der Waals surface area contributed by atoms with E-state index in [4.69, 9.17) is 9.39 Å². The smallest absolute Gasteiger partial charge is 0.505 e. The first-order valence-electron chi connectivity index (χ1n) is 8.71. The van der Waals surface area contributed by atoms with Crippen molar-refractivity contribution in [3.63, 3.8) is 0 Å². The highest BCUT2D eigenvalue weighted by Crippen LogP contribution is 2.32. The maximum atomic E-state index is 12.7. The second-order valence-corrected chi connectivity index (χ2v) is 7.43. The van der Waals surface area contributed by atoms with Gasteiger partial charge in [0.25, 0.3) is 0 Å². The van der Waals surface area contributed by atoms with Crippen molar-refractivity contribution in [1.82, 2.24) is 14.5 Å². The molecular formula is C17H25BN4O4. The molecule has 0 amide bonds. The van der Waals surface area contributed by atoms with Gasteiger partial charge in [-0.05, 0) is 33.9 Å². The highest BCUT2D eigenvalue weighted by atomic mass is 16.6. The number of rotatable bonds is 3. The van der Waals surface area contributed by atoms with Gasteiger partial charge < -0.3 is 24.2 Å². The number of carbonyl (C=O) groups is 1. The van der Waals surface area contributed by atoms with E-state index in [0.29, 0.717) is 5.52 Å². The SMILES string of the molecule is CN1CCN(c2nccc3c2cc(OBO)n3C(=O)OC(C)(C)C)CC1. The first kappa shape index (κ1) is 18.5. The number of pyridine rings is 1. The topological polar surface area (TPSA) is 80.1 Å². The van der Waals surface area contributed by atoms with E-state index in [0.717, 1.165) is 37.4 Å². The van der Waals surface area contributed by atoms with Gasteiger partial charge in [0, 0.05) is 43.8 Å². The number of hydrogen-bond acceptors (Lipinski definition) is 7. The number of aromatic nitrogens is 2. The predicted octanol–water partition coefficient (Wildman–Crippen LogP) is 1.21. The Bertz CT molecular complexity index is 794. The molecule has 0 saturated carbocycles. The van der Waals surface area contributed by atoms with E-state index in [2.05, 4.69) is 21.8 Å². The Balaban J connectivity index is 2.05. The van der Waals surface area contributed by atoms with Gasteiger partial charge in [0.05, 0.1) is 5.52 Å². The van der Waals surface area contributed by atoms with E-state index in [-0.39, 0.29) is 5.88 Å². The van der Waals surface area contributed by atoms with Gasteiger partial charge in [-0.3, -0.25) is 0 Å². The van der Waals surface area contributed by atoms with Gasteiger partial charge in [0.1, 0.15) is 11.4 Å². The third-order valence-electron chi connectivity index (χ3n) is 4.27. The zero-order chi connectivity index (χ0) is 18.9. The zero-order valence-electron chi connectivity index (χ0n) is 15.7.